The van der Waals surface area contributed by atoms with Gasteiger partial charge in [-0.25, -0.2) is 9.78 Å². The van der Waals surface area contributed by atoms with Crippen molar-refractivity contribution in [1.82, 2.24) is 14.0 Å². The fraction of sp³-hybridized carbons (Fsp3) is 0.320. The topological polar surface area (TPSA) is 113 Å². The molecule has 35 heavy (non-hydrogen) atoms. The third kappa shape index (κ3) is 6.10. The number of rotatable bonds is 11. The molecule has 0 fully saturated rings. The average molecular weight is 481 g/mol. The molecule has 0 atom stereocenters. The van der Waals surface area contributed by atoms with E-state index in [1.807, 2.05) is 6.92 Å². The van der Waals surface area contributed by atoms with E-state index < -0.39 is 11.9 Å². The molecule has 3 rings (SSSR count). The van der Waals surface area contributed by atoms with Crippen LogP contribution in [0.15, 0.2) is 65.2 Å². The zero-order valence-corrected chi connectivity index (χ0v) is 19.8. The summed E-state index contributed by atoms with van der Waals surface area (Å²) in [6.45, 7) is 8.12. The molecule has 184 valence electrons. The zero-order valence-electron chi connectivity index (χ0n) is 19.8. The van der Waals surface area contributed by atoms with Gasteiger partial charge in [0.25, 0.3) is 11.5 Å². The minimum Gasteiger partial charge on any atom is -0.491 e. The summed E-state index contributed by atoms with van der Waals surface area (Å²) in [5.74, 6) is -1.33. The lowest BCUT2D eigenvalue weighted by molar-refractivity contribution is -0.120. The van der Waals surface area contributed by atoms with Crippen molar-refractivity contribution in [3.63, 3.8) is 0 Å². The van der Waals surface area contributed by atoms with Crippen LogP contribution in [0.1, 0.15) is 30.6 Å². The first-order valence-electron chi connectivity index (χ1n) is 11.3. The van der Waals surface area contributed by atoms with Crippen LogP contribution in [-0.2, 0) is 25.5 Å². The third-order valence-electron chi connectivity index (χ3n) is 4.91. The fourth-order valence-corrected chi connectivity index (χ4v) is 3.42. The second-order valence-electron chi connectivity index (χ2n) is 7.27. The molecule has 1 amide bonds. The van der Waals surface area contributed by atoms with Gasteiger partial charge in [0.2, 0.25) is 0 Å². The standard InChI is InChI=1S/C25H28N4O6/c1-4-7-14-34-17-21(30)27-23-19(25(32)35-6-3)16-18-22(29(23)13-10-15-33-5-2)26-20-11-8-9-12-28(20)24(18)31/h4,7-9,11-12,14,16H,1,5-6,10,13,15,17H2,2-3H3/b14-7-,27-23?. The van der Waals surface area contributed by atoms with Crippen molar-refractivity contribution in [1.29, 1.82) is 0 Å². The Hall–Kier alpha value is -4.05. The molecule has 0 spiro atoms. The normalized spacial score (nSPS) is 11.9. The molecular formula is C25H28N4O6. The minimum absolute atomic E-state index is 0.0134. The van der Waals surface area contributed by atoms with Gasteiger partial charge >= 0.3 is 5.97 Å². The van der Waals surface area contributed by atoms with E-state index in [1.54, 1.807) is 35.9 Å². The molecule has 0 saturated heterocycles. The maximum atomic E-state index is 13.3. The van der Waals surface area contributed by atoms with E-state index >= 15 is 0 Å². The molecule has 3 aromatic rings. The van der Waals surface area contributed by atoms with Crippen LogP contribution < -0.4 is 11.0 Å². The first kappa shape index (κ1) is 25.6. The Labute approximate surface area is 201 Å². The van der Waals surface area contributed by atoms with E-state index in [1.165, 1.54) is 28.9 Å². The largest absolute Gasteiger partial charge is 0.491 e. The molecule has 0 aromatic carbocycles. The highest BCUT2D eigenvalue weighted by Gasteiger charge is 2.20. The number of esters is 1. The highest BCUT2D eigenvalue weighted by atomic mass is 16.5. The molecule has 10 nitrogen and oxygen atoms in total. The Morgan fingerprint density at radius 3 is 2.80 bits per heavy atom. The number of amides is 1. The Bertz CT molecular complexity index is 1390. The summed E-state index contributed by atoms with van der Waals surface area (Å²) in [5.41, 5.74) is 0.388. The third-order valence-corrected chi connectivity index (χ3v) is 4.91. The molecule has 3 heterocycles. The number of ether oxygens (including phenoxy) is 3. The van der Waals surface area contributed by atoms with Gasteiger partial charge < -0.3 is 18.8 Å². The van der Waals surface area contributed by atoms with Gasteiger partial charge in [-0.05, 0) is 44.5 Å². The van der Waals surface area contributed by atoms with Gasteiger partial charge in [-0.15, -0.1) is 0 Å². The highest BCUT2D eigenvalue weighted by molar-refractivity contribution is 5.93. The number of pyridine rings is 2. The van der Waals surface area contributed by atoms with Gasteiger partial charge in [-0.1, -0.05) is 18.7 Å². The van der Waals surface area contributed by atoms with Crippen molar-refractivity contribution >= 4 is 28.6 Å². The van der Waals surface area contributed by atoms with Gasteiger partial charge in [0.15, 0.2) is 12.1 Å². The minimum atomic E-state index is -0.704. The Balaban J connectivity index is 2.30. The lowest BCUT2D eigenvalue weighted by atomic mass is 10.2. The molecule has 0 N–H and O–H groups in total. The second-order valence-corrected chi connectivity index (χ2v) is 7.27. The molecule has 0 aliphatic carbocycles. The van der Waals surface area contributed by atoms with Gasteiger partial charge in [0, 0.05) is 26.0 Å². The van der Waals surface area contributed by atoms with E-state index in [9.17, 15) is 14.4 Å². The number of nitrogens with zero attached hydrogens (tertiary/aromatic N) is 4. The molecule has 3 aromatic heterocycles. The number of aryl methyl sites for hydroxylation is 1. The van der Waals surface area contributed by atoms with Crippen molar-refractivity contribution in [3.05, 3.63) is 76.9 Å². The van der Waals surface area contributed by atoms with E-state index in [2.05, 4.69) is 16.6 Å². The van der Waals surface area contributed by atoms with Crippen molar-refractivity contribution in [3.8, 4) is 0 Å². The van der Waals surface area contributed by atoms with Gasteiger partial charge in [0.05, 0.1) is 18.3 Å². The lowest BCUT2D eigenvalue weighted by Gasteiger charge is -2.15. The summed E-state index contributed by atoms with van der Waals surface area (Å²) in [7, 11) is 0. The molecule has 10 heteroatoms. The number of carbonyl (C=O) groups excluding carboxylic acids is 2. The molecule has 0 unspecified atom stereocenters. The van der Waals surface area contributed by atoms with E-state index in [-0.39, 0.29) is 35.2 Å². The summed E-state index contributed by atoms with van der Waals surface area (Å²) in [5, 5.41) is 0.199. The summed E-state index contributed by atoms with van der Waals surface area (Å²) in [6.07, 6.45) is 6.49. The smallest absolute Gasteiger partial charge is 0.341 e. The number of hydrogen-bond donors (Lipinski definition) is 0. The maximum Gasteiger partial charge on any atom is 0.341 e. The van der Waals surface area contributed by atoms with Crippen LogP contribution in [0.2, 0.25) is 0 Å². The SMILES string of the molecule is C=C/C=C\OCC(=O)N=c1c(C(=O)OCC)cc2c(=O)n3ccccc3nc2n1CCCOCC. The fourth-order valence-electron chi connectivity index (χ4n) is 3.42. The van der Waals surface area contributed by atoms with Crippen LogP contribution in [0.3, 0.4) is 0 Å². The maximum absolute atomic E-state index is 13.3. The number of allylic oxidation sites excluding steroid dienone is 2. The van der Waals surface area contributed by atoms with Crippen LogP contribution in [0.4, 0.5) is 0 Å². The molecular weight excluding hydrogens is 452 g/mol. The number of carbonyl (C=O) groups is 2. The first-order valence-corrected chi connectivity index (χ1v) is 11.3. The lowest BCUT2D eigenvalue weighted by Crippen LogP contribution is -2.33. The molecule has 0 bridgehead atoms. The van der Waals surface area contributed by atoms with E-state index in [0.717, 1.165) is 0 Å². The Morgan fingerprint density at radius 1 is 1.23 bits per heavy atom. The van der Waals surface area contributed by atoms with Crippen LogP contribution in [0, 0.1) is 0 Å². The monoisotopic (exact) mass is 480 g/mol. The van der Waals surface area contributed by atoms with E-state index in [0.29, 0.717) is 37.5 Å². The predicted molar refractivity (Wildman–Crippen MR) is 130 cm³/mol. The molecule has 0 aliphatic rings. The Kier molecular flexibility index (Phi) is 9.08. The number of fused-ring (bicyclic) bond motifs is 2. The van der Waals surface area contributed by atoms with Crippen LogP contribution in [0.5, 0.6) is 0 Å². The van der Waals surface area contributed by atoms with Crippen LogP contribution in [0.25, 0.3) is 16.7 Å². The molecule has 0 radical (unpaired) electrons. The van der Waals surface area contributed by atoms with Crippen molar-refractivity contribution in [2.45, 2.75) is 26.8 Å². The van der Waals surface area contributed by atoms with Crippen LogP contribution >= 0.6 is 0 Å². The predicted octanol–water partition coefficient (Wildman–Crippen LogP) is 2.40. The Morgan fingerprint density at radius 2 is 2.06 bits per heavy atom. The van der Waals surface area contributed by atoms with Gasteiger partial charge in [0.1, 0.15) is 16.9 Å². The average Bonchev–Trinajstić information content (AvgIpc) is 2.85. The molecule has 0 aliphatic heterocycles. The number of hydrogen-bond acceptors (Lipinski definition) is 7. The van der Waals surface area contributed by atoms with Crippen molar-refractivity contribution < 1.29 is 23.8 Å². The van der Waals surface area contributed by atoms with Crippen molar-refractivity contribution in [2.75, 3.05) is 26.4 Å². The molecule has 0 saturated carbocycles. The first-order chi connectivity index (χ1) is 17.0. The zero-order chi connectivity index (χ0) is 25.2. The van der Waals surface area contributed by atoms with E-state index in [4.69, 9.17) is 14.2 Å². The van der Waals surface area contributed by atoms with Gasteiger partial charge in [-0.2, -0.15) is 4.99 Å². The summed E-state index contributed by atoms with van der Waals surface area (Å²) < 4.78 is 18.8. The summed E-state index contributed by atoms with van der Waals surface area (Å²) in [6, 6.07) is 6.56. The summed E-state index contributed by atoms with van der Waals surface area (Å²) >= 11 is 0. The quantitative estimate of drug-likeness (QED) is 0.136. The highest BCUT2D eigenvalue weighted by Crippen LogP contribution is 2.12. The van der Waals surface area contributed by atoms with Gasteiger partial charge in [-0.3, -0.25) is 14.0 Å². The van der Waals surface area contributed by atoms with Crippen molar-refractivity contribution in [2.24, 2.45) is 4.99 Å². The number of aromatic nitrogens is 3. The summed E-state index contributed by atoms with van der Waals surface area (Å²) in [4.78, 5) is 47.6. The van der Waals surface area contributed by atoms with Crippen LogP contribution in [-0.4, -0.2) is 52.3 Å². The second kappa shape index (κ2) is 12.4.